The number of nitrogens with zero attached hydrogens (tertiary/aromatic N) is 2. The summed E-state index contributed by atoms with van der Waals surface area (Å²) in [6.45, 7) is 7.43. The van der Waals surface area contributed by atoms with Crippen LogP contribution in [0.4, 0.5) is 0 Å². The van der Waals surface area contributed by atoms with Gasteiger partial charge in [0, 0.05) is 54.3 Å². The van der Waals surface area contributed by atoms with Gasteiger partial charge in [-0.3, -0.25) is 9.69 Å². The number of hydrogen-bond acceptors (Lipinski definition) is 3. The highest BCUT2D eigenvalue weighted by atomic mass is 35.5. The van der Waals surface area contributed by atoms with E-state index in [0.717, 1.165) is 63.5 Å². The summed E-state index contributed by atoms with van der Waals surface area (Å²) < 4.78 is 7.88. The molecule has 1 atom stereocenters. The molecule has 2 saturated heterocycles. The van der Waals surface area contributed by atoms with E-state index in [4.69, 9.17) is 16.3 Å². The number of piperidine rings is 1. The highest BCUT2D eigenvalue weighted by molar-refractivity contribution is 6.31. The lowest BCUT2D eigenvalue weighted by Crippen LogP contribution is -2.42. The van der Waals surface area contributed by atoms with Crippen molar-refractivity contribution in [3.63, 3.8) is 0 Å². The minimum Gasteiger partial charge on any atom is -0.376 e. The molecule has 152 valence electrons. The number of carbonyl (C=O) groups excluding carboxylic acids is 1. The maximum Gasteiger partial charge on any atom is 0.223 e. The van der Waals surface area contributed by atoms with Gasteiger partial charge >= 0.3 is 0 Å². The van der Waals surface area contributed by atoms with E-state index in [2.05, 4.69) is 40.0 Å². The number of likely N-dealkylation sites (tertiary alicyclic amines) is 1. The van der Waals surface area contributed by atoms with Gasteiger partial charge in [-0.15, -0.1) is 0 Å². The van der Waals surface area contributed by atoms with E-state index < -0.39 is 0 Å². The first-order valence-corrected chi connectivity index (χ1v) is 10.9. The number of aromatic nitrogens is 1. The van der Waals surface area contributed by atoms with Crippen LogP contribution < -0.4 is 5.32 Å². The van der Waals surface area contributed by atoms with Crippen molar-refractivity contribution in [3.8, 4) is 0 Å². The lowest BCUT2D eigenvalue weighted by molar-refractivity contribution is -0.127. The fraction of sp³-hybridized carbons (Fsp3) is 0.591. The molecule has 3 heterocycles. The van der Waals surface area contributed by atoms with Crippen LogP contribution in [0.3, 0.4) is 0 Å². The first-order valence-electron chi connectivity index (χ1n) is 10.5. The largest absolute Gasteiger partial charge is 0.376 e. The van der Waals surface area contributed by atoms with Crippen LogP contribution in [-0.2, 0) is 22.6 Å². The summed E-state index contributed by atoms with van der Waals surface area (Å²) in [5.41, 5.74) is 2.56. The second-order valence-corrected chi connectivity index (χ2v) is 8.47. The number of carbonyl (C=O) groups is 1. The van der Waals surface area contributed by atoms with Crippen LogP contribution in [0.15, 0.2) is 24.4 Å². The van der Waals surface area contributed by atoms with Crippen LogP contribution in [0.5, 0.6) is 0 Å². The predicted molar refractivity (Wildman–Crippen MR) is 113 cm³/mol. The number of hydrogen-bond donors (Lipinski definition) is 1. The molecule has 6 heteroatoms. The molecule has 0 spiro atoms. The Morgan fingerprint density at radius 2 is 2.11 bits per heavy atom. The third-order valence-electron chi connectivity index (χ3n) is 6.15. The molecule has 0 radical (unpaired) electrons. The summed E-state index contributed by atoms with van der Waals surface area (Å²) in [5, 5.41) is 5.12. The number of fused-ring (bicyclic) bond motifs is 1. The zero-order valence-electron chi connectivity index (χ0n) is 16.6. The average Bonchev–Trinajstić information content (AvgIpc) is 3.34. The van der Waals surface area contributed by atoms with Crippen molar-refractivity contribution in [2.24, 2.45) is 5.92 Å². The van der Waals surface area contributed by atoms with E-state index in [1.807, 2.05) is 6.07 Å². The Bertz CT molecular complexity index is 821. The summed E-state index contributed by atoms with van der Waals surface area (Å²) in [5.74, 6) is 0.327. The number of halogens is 1. The van der Waals surface area contributed by atoms with Gasteiger partial charge in [0.05, 0.1) is 6.10 Å². The zero-order valence-corrected chi connectivity index (χ0v) is 17.4. The van der Waals surface area contributed by atoms with E-state index >= 15 is 0 Å². The molecule has 0 bridgehead atoms. The van der Waals surface area contributed by atoms with Gasteiger partial charge in [0.15, 0.2) is 0 Å². The Labute approximate surface area is 172 Å². The second kappa shape index (κ2) is 8.85. The first-order chi connectivity index (χ1) is 13.6. The van der Waals surface area contributed by atoms with Crippen molar-refractivity contribution in [2.45, 2.75) is 51.8 Å². The quantitative estimate of drug-likeness (QED) is 0.797. The van der Waals surface area contributed by atoms with Crippen LogP contribution in [-0.4, -0.2) is 47.7 Å². The molecule has 4 rings (SSSR count). The molecule has 2 aliphatic heterocycles. The summed E-state index contributed by atoms with van der Waals surface area (Å²) in [4.78, 5) is 14.9. The van der Waals surface area contributed by atoms with Gasteiger partial charge < -0.3 is 14.6 Å². The number of benzene rings is 1. The Balaban J connectivity index is 1.32. The molecule has 1 amide bonds. The first kappa shape index (κ1) is 19.7. The number of nitrogens with one attached hydrogen (secondary N) is 1. The molecule has 28 heavy (non-hydrogen) atoms. The Morgan fingerprint density at radius 1 is 1.29 bits per heavy atom. The van der Waals surface area contributed by atoms with Crippen LogP contribution in [0.1, 0.15) is 38.2 Å². The molecule has 1 aromatic carbocycles. The van der Waals surface area contributed by atoms with Crippen molar-refractivity contribution >= 4 is 28.4 Å². The van der Waals surface area contributed by atoms with Gasteiger partial charge in [-0.2, -0.15) is 0 Å². The van der Waals surface area contributed by atoms with E-state index in [1.165, 1.54) is 16.5 Å². The smallest absolute Gasteiger partial charge is 0.223 e. The number of amides is 1. The third-order valence-corrected chi connectivity index (χ3v) is 6.38. The number of rotatable bonds is 6. The van der Waals surface area contributed by atoms with Crippen molar-refractivity contribution in [2.75, 3.05) is 26.2 Å². The molecule has 1 N–H and O–H groups in total. The van der Waals surface area contributed by atoms with E-state index in [0.29, 0.717) is 6.54 Å². The van der Waals surface area contributed by atoms with Gasteiger partial charge in [0.25, 0.3) is 0 Å². The second-order valence-electron chi connectivity index (χ2n) is 8.03. The Morgan fingerprint density at radius 3 is 2.82 bits per heavy atom. The van der Waals surface area contributed by atoms with Crippen LogP contribution in [0, 0.1) is 5.92 Å². The van der Waals surface area contributed by atoms with Crippen molar-refractivity contribution < 1.29 is 9.53 Å². The maximum atomic E-state index is 12.5. The molecule has 2 aromatic rings. The topological polar surface area (TPSA) is 46.5 Å². The Hall–Kier alpha value is -1.56. The zero-order chi connectivity index (χ0) is 19.5. The van der Waals surface area contributed by atoms with E-state index in [1.54, 1.807) is 0 Å². The molecule has 5 nitrogen and oxygen atoms in total. The van der Waals surface area contributed by atoms with Crippen LogP contribution in [0.25, 0.3) is 10.9 Å². The summed E-state index contributed by atoms with van der Waals surface area (Å²) in [6, 6.07) is 6.14. The standard InChI is InChI=1S/C22H30ClN3O2/c1-2-26-15-17(20-12-18(23)5-6-21(20)26)14-25-9-7-16(8-10-25)22(27)24-13-19-4-3-11-28-19/h5-6,12,15-16,19H,2-4,7-11,13-14H2,1H3,(H,24,27). The number of aryl methyl sites for hydroxylation is 1. The summed E-state index contributed by atoms with van der Waals surface area (Å²) in [6.07, 6.45) is 6.48. The average molecular weight is 404 g/mol. The highest BCUT2D eigenvalue weighted by Crippen LogP contribution is 2.27. The lowest BCUT2D eigenvalue weighted by atomic mass is 9.95. The summed E-state index contributed by atoms with van der Waals surface area (Å²) >= 11 is 6.24. The third kappa shape index (κ3) is 4.37. The van der Waals surface area contributed by atoms with Crippen LogP contribution in [0.2, 0.25) is 5.02 Å². The minimum absolute atomic E-state index is 0.129. The van der Waals surface area contributed by atoms with Crippen molar-refractivity contribution in [3.05, 3.63) is 35.0 Å². The van der Waals surface area contributed by atoms with Gasteiger partial charge in [-0.05, 0) is 69.5 Å². The fourth-order valence-electron chi connectivity index (χ4n) is 4.49. The van der Waals surface area contributed by atoms with Crippen molar-refractivity contribution in [1.82, 2.24) is 14.8 Å². The normalized spacial score (nSPS) is 21.4. The van der Waals surface area contributed by atoms with Gasteiger partial charge in [-0.25, -0.2) is 0 Å². The molecule has 2 fully saturated rings. The molecule has 2 aliphatic rings. The fourth-order valence-corrected chi connectivity index (χ4v) is 4.66. The van der Waals surface area contributed by atoms with Gasteiger partial charge in [0.1, 0.15) is 0 Å². The molecular weight excluding hydrogens is 374 g/mol. The Kier molecular flexibility index (Phi) is 6.24. The minimum atomic E-state index is 0.129. The van der Waals surface area contributed by atoms with E-state index in [9.17, 15) is 4.79 Å². The van der Waals surface area contributed by atoms with Crippen molar-refractivity contribution in [1.29, 1.82) is 0 Å². The lowest BCUT2D eigenvalue weighted by Gasteiger charge is -2.31. The molecule has 1 aromatic heterocycles. The monoisotopic (exact) mass is 403 g/mol. The highest BCUT2D eigenvalue weighted by Gasteiger charge is 2.26. The number of ether oxygens (including phenoxy) is 1. The SMILES string of the molecule is CCn1cc(CN2CCC(C(=O)NCC3CCCO3)CC2)c2cc(Cl)ccc21. The molecule has 0 aliphatic carbocycles. The predicted octanol–water partition coefficient (Wildman–Crippen LogP) is 3.82. The van der Waals surface area contributed by atoms with Gasteiger partial charge in [-0.1, -0.05) is 11.6 Å². The molecule has 1 unspecified atom stereocenters. The van der Waals surface area contributed by atoms with Gasteiger partial charge in [0.2, 0.25) is 5.91 Å². The van der Waals surface area contributed by atoms with Crippen LogP contribution >= 0.6 is 11.6 Å². The van der Waals surface area contributed by atoms with E-state index in [-0.39, 0.29) is 17.9 Å². The summed E-state index contributed by atoms with van der Waals surface area (Å²) in [7, 11) is 0. The maximum absolute atomic E-state index is 12.5. The molecule has 0 saturated carbocycles. The molecular formula is C22H30ClN3O2.